The predicted octanol–water partition coefficient (Wildman–Crippen LogP) is 2.45. The van der Waals surface area contributed by atoms with Crippen molar-refractivity contribution in [3.8, 4) is 0 Å². The molecule has 0 aromatic heterocycles. The number of hydrogen-bond donors (Lipinski definition) is 3. The van der Waals surface area contributed by atoms with Crippen LogP contribution in [0.5, 0.6) is 0 Å². The standard InChI is InChI=1S/C15H23N3O/c1-9-6-7-10(11(8-9)18-16)12(19)17-13-14(2,3)15(13,4)5/h6-8,13,18H,16H2,1-5H3,(H,17,19). The molecule has 0 unspecified atom stereocenters. The van der Waals surface area contributed by atoms with Crippen LogP contribution in [0.15, 0.2) is 18.2 Å². The second kappa shape index (κ2) is 4.23. The van der Waals surface area contributed by atoms with Crippen molar-refractivity contribution in [1.29, 1.82) is 0 Å². The second-order valence-corrected chi connectivity index (χ2v) is 6.54. The summed E-state index contributed by atoms with van der Waals surface area (Å²) in [6, 6.07) is 5.79. The fourth-order valence-corrected chi connectivity index (χ4v) is 2.74. The maximum Gasteiger partial charge on any atom is 0.253 e. The molecule has 4 N–H and O–H groups in total. The fraction of sp³-hybridized carbons (Fsp3) is 0.533. The largest absolute Gasteiger partial charge is 0.348 e. The predicted molar refractivity (Wildman–Crippen MR) is 77.8 cm³/mol. The van der Waals surface area contributed by atoms with Crippen LogP contribution in [-0.4, -0.2) is 11.9 Å². The van der Waals surface area contributed by atoms with E-state index in [-0.39, 0.29) is 22.8 Å². The normalized spacial score (nSPS) is 19.9. The van der Waals surface area contributed by atoms with Gasteiger partial charge in [-0.3, -0.25) is 10.6 Å². The minimum absolute atomic E-state index is 0.0726. The van der Waals surface area contributed by atoms with Crippen molar-refractivity contribution in [3.05, 3.63) is 29.3 Å². The molecule has 1 saturated carbocycles. The van der Waals surface area contributed by atoms with Crippen LogP contribution < -0.4 is 16.6 Å². The summed E-state index contributed by atoms with van der Waals surface area (Å²) in [5, 5.41) is 3.11. The van der Waals surface area contributed by atoms with E-state index in [4.69, 9.17) is 5.84 Å². The van der Waals surface area contributed by atoms with Crippen LogP contribution in [0.4, 0.5) is 5.69 Å². The average Bonchev–Trinajstić information content (AvgIpc) is 2.71. The number of benzene rings is 1. The number of hydrogen-bond acceptors (Lipinski definition) is 3. The van der Waals surface area contributed by atoms with Gasteiger partial charge in [0.25, 0.3) is 5.91 Å². The molecule has 2 rings (SSSR count). The molecule has 0 aliphatic heterocycles. The van der Waals surface area contributed by atoms with Crippen molar-refractivity contribution in [2.24, 2.45) is 16.7 Å². The Hall–Kier alpha value is -1.55. The van der Waals surface area contributed by atoms with E-state index in [9.17, 15) is 4.79 Å². The number of nitrogen functional groups attached to an aromatic ring is 1. The highest BCUT2D eigenvalue weighted by atomic mass is 16.1. The lowest BCUT2D eigenvalue weighted by Crippen LogP contribution is -2.30. The van der Waals surface area contributed by atoms with Crippen molar-refractivity contribution in [2.45, 2.75) is 40.7 Å². The number of carbonyl (C=O) groups excluding carboxylic acids is 1. The van der Waals surface area contributed by atoms with Crippen molar-refractivity contribution in [2.75, 3.05) is 5.43 Å². The zero-order chi connectivity index (χ0) is 14.4. The highest BCUT2D eigenvalue weighted by Crippen LogP contribution is 2.62. The Kier molecular flexibility index (Phi) is 3.09. The second-order valence-electron chi connectivity index (χ2n) is 6.54. The minimum Gasteiger partial charge on any atom is -0.348 e. The van der Waals surface area contributed by atoms with Crippen LogP contribution in [-0.2, 0) is 0 Å². The molecule has 1 aliphatic rings. The lowest BCUT2D eigenvalue weighted by atomic mass is 10.0. The van der Waals surface area contributed by atoms with Gasteiger partial charge in [-0.2, -0.15) is 0 Å². The van der Waals surface area contributed by atoms with Gasteiger partial charge < -0.3 is 10.7 Å². The molecule has 0 radical (unpaired) electrons. The summed E-state index contributed by atoms with van der Waals surface area (Å²) in [4.78, 5) is 12.4. The van der Waals surface area contributed by atoms with E-state index in [0.717, 1.165) is 5.56 Å². The Morgan fingerprint density at radius 1 is 1.21 bits per heavy atom. The van der Waals surface area contributed by atoms with Crippen LogP contribution in [0, 0.1) is 17.8 Å². The number of carbonyl (C=O) groups is 1. The summed E-state index contributed by atoms with van der Waals surface area (Å²) < 4.78 is 0. The van der Waals surface area contributed by atoms with Crippen LogP contribution in [0.2, 0.25) is 0 Å². The zero-order valence-electron chi connectivity index (χ0n) is 12.3. The van der Waals surface area contributed by atoms with E-state index in [0.29, 0.717) is 11.3 Å². The molecule has 0 spiro atoms. The molecule has 0 atom stereocenters. The Balaban J connectivity index is 2.18. The summed E-state index contributed by atoms with van der Waals surface area (Å²) in [5.74, 6) is 5.41. The lowest BCUT2D eigenvalue weighted by molar-refractivity contribution is 0.0944. The fourth-order valence-electron chi connectivity index (χ4n) is 2.74. The molecule has 0 saturated heterocycles. The van der Waals surface area contributed by atoms with Crippen molar-refractivity contribution in [1.82, 2.24) is 5.32 Å². The van der Waals surface area contributed by atoms with E-state index in [1.54, 1.807) is 0 Å². The first-order valence-electron chi connectivity index (χ1n) is 6.60. The van der Waals surface area contributed by atoms with Crippen LogP contribution in [0.1, 0.15) is 43.6 Å². The SMILES string of the molecule is Cc1ccc(C(=O)NC2C(C)(C)C2(C)C)c(NN)c1. The molecule has 1 amide bonds. The quantitative estimate of drug-likeness (QED) is 0.578. The van der Waals surface area contributed by atoms with Crippen LogP contribution in [0.25, 0.3) is 0 Å². The topological polar surface area (TPSA) is 67.2 Å². The summed E-state index contributed by atoms with van der Waals surface area (Å²) in [7, 11) is 0. The third-order valence-electron chi connectivity index (χ3n) is 4.87. The molecule has 1 aromatic carbocycles. The maximum atomic E-state index is 12.4. The van der Waals surface area contributed by atoms with Crippen molar-refractivity contribution >= 4 is 11.6 Å². The van der Waals surface area contributed by atoms with Gasteiger partial charge in [-0.05, 0) is 35.4 Å². The summed E-state index contributed by atoms with van der Waals surface area (Å²) >= 11 is 0. The Morgan fingerprint density at radius 3 is 2.26 bits per heavy atom. The minimum atomic E-state index is -0.0726. The first-order valence-corrected chi connectivity index (χ1v) is 6.60. The molecular weight excluding hydrogens is 238 g/mol. The third kappa shape index (κ3) is 2.10. The van der Waals surface area contributed by atoms with Crippen molar-refractivity contribution < 1.29 is 4.79 Å². The van der Waals surface area contributed by atoms with Gasteiger partial charge in [-0.25, -0.2) is 0 Å². The molecule has 0 heterocycles. The molecule has 1 aliphatic carbocycles. The molecule has 4 heteroatoms. The van der Waals surface area contributed by atoms with Gasteiger partial charge in [0, 0.05) is 6.04 Å². The average molecular weight is 261 g/mol. The maximum absolute atomic E-state index is 12.4. The Morgan fingerprint density at radius 2 is 1.79 bits per heavy atom. The monoisotopic (exact) mass is 261 g/mol. The number of anilines is 1. The van der Waals surface area contributed by atoms with E-state index >= 15 is 0 Å². The van der Waals surface area contributed by atoms with E-state index in [2.05, 4.69) is 38.4 Å². The number of aryl methyl sites for hydroxylation is 1. The Bertz CT molecular complexity index is 506. The van der Waals surface area contributed by atoms with Gasteiger partial charge >= 0.3 is 0 Å². The van der Waals surface area contributed by atoms with Gasteiger partial charge in [0.1, 0.15) is 0 Å². The van der Waals surface area contributed by atoms with Gasteiger partial charge in [0.2, 0.25) is 0 Å². The first-order chi connectivity index (χ1) is 8.71. The van der Waals surface area contributed by atoms with Gasteiger partial charge in [-0.1, -0.05) is 33.8 Å². The highest BCUT2D eigenvalue weighted by molar-refractivity contribution is 6.00. The van der Waals surface area contributed by atoms with Crippen LogP contribution in [0.3, 0.4) is 0 Å². The van der Waals surface area contributed by atoms with E-state index < -0.39 is 0 Å². The number of nitrogens with two attached hydrogens (primary N) is 1. The molecule has 104 valence electrons. The summed E-state index contributed by atoms with van der Waals surface area (Å²) in [6.07, 6.45) is 0. The lowest BCUT2D eigenvalue weighted by Gasteiger charge is -2.11. The van der Waals surface area contributed by atoms with Crippen LogP contribution >= 0.6 is 0 Å². The molecule has 1 fully saturated rings. The molecule has 4 nitrogen and oxygen atoms in total. The number of rotatable bonds is 3. The van der Waals surface area contributed by atoms with E-state index in [1.807, 2.05) is 25.1 Å². The molecule has 0 bridgehead atoms. The van der Waals surface area contributed by atoms with E-state index in [1.165, 1.54) is 0 Å². The summed E-state index contributed by atoms with van der Waals surface area (Å²) in [5.41, 5.74) is 5.17. The Labute approximate surface area is 114 Å². The van der Waals surface area contributed by atoms with Gasteiger partial charge in [0.05, 0.1) is 11.3 Å². The van der Waals surface area contributed by atoms with Gasteiger partial charge in [0.15, 0.2) is 0 Å². The molecular formula is C15H23N3O. The first kappa shape index (κ1) is 13.9. The summed E-state index contributed by atoms with van der Waals surface area (Å²) in [6.45, 7) is 10.7. The molecule has 1 aromatic rings. The highest BCUT2D eigenvalue weighted by Gasteiger charge is 2.65. The third-order valence-corrected chi connectivity index (χ3v) is 4.87. The number of amides is 1. The van der Waals surface area contributed by atoms with Crippen molar-refractivity contribution in [3.63, 3.8) is 0 Å². The number of hydrazine groups is 1. The number of nitrogens with one attached hydrogen (secondary N) is 2. The van der Waals surface area contributed by atoms with Gasteiger partial charge in [-0.15, -0.1) is 0 Å². The zero-order valence-corrected chi connectivity index (χ0v) is 12.3. The molecule has 19 heavy (non-hydrogen) atoms. The smallest absolute Gasteiger partial charge is 0.253 e.